The Hall–Kier alpha value is -0.910. The summed E-state index contributed by atoms with van der Waals surface area (Å²) in [5.74, 6) is 0.0823. The molecular weight excluding hydrogens is 234 g/mol. The van der Waals surface area contributed by atoms with E-state index < -0.39 is 0 Å². The quantitative estimate of drug-likeness (QED) is 0.770. The van der Waals surface area contributed by atoms with Crippen LogP contribution in [0.5, 0.6) is 0 Å². The van der Waals surface area contributed by atoms with Crippen LogP contribution in [0.2, 0.25) is 0 Å². The van der Waals surface area contributed by atoms with E-state index in [2.05, 4.69) is 21.7 Å². The first-order valence-electron chi connectivity index (χ1n) is 5.81. The van der Waals surface area contributed by atoms with Crippen molar-refractivity contribution in [3.63, 3.8) is 0 Å². The highest BCUT2D eigenvalue weighted by atomic mass is 32.1. The fraction of sp³-hybridized carbons (Fsp3) is 0.583. The van der Waals surface area contributed by atoms with Gasteiger partial charge in [-0.3, -0.25) is 4.79 Å². The lowest BCUT2D eigenvalue weighted by Crippen LogP contribution is -2.34. The SMILES string of the molecule is CN(C)C(CNC(=O)CCCN)c1cccs1. The molecule has 0 saturated heterocycles. The van der Waals surface area contributed by atoms with Gasteiger partial charge in [-0.2, -0.15) is 0 Å². The molecule has 1 amide bonds. The summed E-state index contributed by atoms with van der Waals surface area (Å²) in [6, 6.07) is 4.38. The number of hydrogen-bond acceptors (Lipinski definition) is 4. The first-order chi connectivity index (χ1) is 8.15. The Morgan fingerprint density at radius 2 is 2.35 bits per heavy atom. The molecule has 0 aliphatic heterocycles. The Morgan fingerprint density at radius 3 is 2.88 bits per heavy atom. The highest BCUT2D eigenvalue weighted by Gasteiger charge is 2.15. The molecule has 1 aromatic heterocycles. The number of thiophene rings is 1. The molecule has 1 unspecified atom stereocenters. The minimum absolute atomic E-state index is 0.0823. The Balaban J connectivity index is 2.43. The van der Waals surface area contributed by atoms with E-state index in [1.165, 1.54) is 4.88 Å². The zero-order valence-corrected chi connectivity index (χ0v) is 11.3. The van der Waals surface area contributed by atoms with Crippen molar-refractivity contribution in [2.24, 2.45) is 5.73 Å². The minimum atomic E-state index is 0.0823. The molecule has 1 heterocycles. The summed E-state index contributed by atoms with van der Waals surface area (Å²) in [7, 11) is 4.05. The molecule has 0 fully saturated rings. The number of nitrogens with zero attached hydrogens (tertiary/aromatic N) is 1. The number of likely N-dealkylation sites (N-methyl/N-ethyl adjacent to an activating group) is 1. The lowest BCUT2D eigenvalue weighted by atomic mass is 10.2. The first kappa shape index (κ1) is 14.2. The van der Waals surface area contributed by atoms with Gasteiger partial charge in [0.15, 0.2) is 0 Å². The van der Waals surface area contributed by atoms with Crippen LogP contribution in [0.4, 0.5) is 0 Å². The van der Waals surface area contributed by atoms with Crippen molar-refractivity contribution in [1.82, 2.24) is 10.2 Å². The van der Waals surface area contributed by atoms with Gasteiger partial charge in [0.2, 0.25) is 5.91 Å². The highest BCUT2D eigenvalue weighted by molar-refractivity contribution is 7.10. The predicted octanol–water partition coefficient (Wildman–Crippen LogP) is 1.21. The molecule has 0 spiro atoms. The lowest BCUT2D eigenvalue weighted by molar-refractivity contribution is -0.121. The molecule has 0 bridgehead atoms. The number of nitrogens with two attached hydrogens (primary N) is 1. The van der Waals surface area contributed by atoms with Gasteiger partial charge in [-0.1, -0.05) is 6.07 Å². The largest absolute Gasteiger partial charge is 0.354 e. The van der Waals surface area contributed by atoms with Crippen LogP contribution in [-0.2, 0) is 4.79 Å². The predicted molar refractivity (Wildman–Crippen MR) is 72.0 cm³/mol. The van der Waals surface area contributed by atoms with Gasteiger partial charge >= 0.3 is 0 Å². The molecule has 1 aromatic rings. The van der Waals surface area contributed by atoms with E-state index in [-0.39, 0.29) is 11.9 Å². The third-order valence-electron chi connectivity index (χ3n) is 2.60. The Kier molecular flexibility index (Phi) is 6.18. The molecule has 0 aromatic carbocycles. The van der Waals surface area contributed by atoms with Crippen LogP contribution >= 0.6 is 11.3 Å². The molecule has 1 rings (SSSR count). The van der Waals surface area contributed by atoms with Crippen LogP contribution in [0.15, 0.2) is 17.5 Å². The van der Waals surface area contributed by atoms with E-state index in [1.54, 1.807) is 11.3 Å². The summed E-state index contributed by atoms with van der Waals surface area (Å²) >= 11 is 1.72. The maximum absolute atomic E-state index is 11.5. The summed E-state index contributed by atoms with van der Waals surface area (Å²) in [6.07, 6.45) is 1.26. The molecule has 3 N–H and O–H groups in total. The van der Waals surface area contributed by atoms with E-state index in [0.717, 1.165) is 6.42 Å². The van der Waals surface area contributed by atoms with Crippen molar-refractivity contribution in [2.45, 2.75) is 18.9 Å². The number of nitrogens with one attached hydrogen (secondary N) is 1. The number of carbonyl (C=O) groups is 1. The van der Waals surface area contributed by atoms with Crippen LogP contribution in [0.1, 0.15) is 23.8 Å². The Morgan fingerprint density at radius 1 is 1.59 bits per heavy atom. The average Bonchev–Trinajstić information content (AvgIpc) is 2.79. The highest BCUT2D eigenvalue weighted by Crippen LogP contribution is 2.22. The van der Waals surface area contributed by atoms with E-state index in [1.807, 2.05) is 20.2 Å². The van der Waals surface area contributed by atoms with Gasteiger partial charge in [-0.05, 0) is 38.5 Å². The third kappa shape index (κ3) is 4.85. The van der Waals surface area contributed by atoms with E-state index in [9.17, 15) is 4.79 Å². The van der Waals surface area contributed by atoms with Gasteiger partial charge in [-0.25, -0.2) is 0 Å². The van der Waals surface area contributed by atoms with Crippen molar-refractivity contribution in [3.8, 4) is 0 Å². The van der Waals surface area contributed by atoms with Gasteiger partial charge in [0.25, 0.3) is 0 Å². The molecule has 5 heteroatoms. The number of carbonyl (C=O) groups excluding carboxylic acids is 1. The monoisotopic (exact) mass is 255 g/mol. The molecule has 96 valence electrons. The zero-order chi connectivity index (χ0) is 12.7. The Bertz CT molecular complexity index is 325. The summed E-state index contributed by atoms with van der Waals surface area (Å²) in [6.45, 7) is 1.21. The maximum atomic E-state index is 11.5. The summed E-state index contributed by atoms with van der Waals surface area (Å²) in [5.41, 5.74) is 5.37. The van der Waals surface area contributed by atoms with Crippen molar-refractivity contribution in [3.05, 3.63) is 22.4 Å². The summed E-state index contributed by atoms with van der Waals surface area (Å²) in [5, 5.41) is 5.02. The van der Waals surface area contributed by atoms with Crippen LogP contribution in [0.3, 0.4) is 0 Å². The molecule has 0 aliphatic rings. The van der Waals surface area contributed by atoms with Gasteiger partial charge in [0, 0.05) is 17.8 Å². The number of rotatable bonds is 7. The fourth-order valence-electron chi connectivity index (χ4n) is 1.58. The Labute approximate surface area is 107 Å². The second-order valence-electron chi connectivity index (χ2n) is 4.19. The van der Waals surface area contributed by atoms with Crippen LogP contribution in [0, 0.1) is 0 Å². The van der Waals surface area contributed by atoms with Crippen LogP contribution in [0.25, 0.3) is 0 Å². The molecule has 4 nitrogen and oxygen atoms in total. The summed E-state index contributed by atoms with van der Waals surface area (Å²) < 4.78 is 0. The summed E-state index contributed by atoms with van der Waals surface area (Å²) in [4.78, 5) is 14.9. The molecule has 1 atom stereocenters. The lowest BCUT2D eigenvalue weighted by Gasteiger charge is -2.23. The van der Waals surface area contributed by atoms with Crippen LogP contribution in [-0.4, -0.2) is 38.0 Å². The second kappa shape index (κ2) is 7.42. The molecular formula is C12H21N3OS. The fourth-order valence-corrected chi connectivity index (χ4v) is 2.50. The molecule has 0 aliphatic carbocycles. The van der Waals surface area contributed by atoms with Crippen molar-refractivity contribution < 1.29 is 4.79 Å². The smallest absolute Gasteiger partial charge is 0.220 e. The first-order valence-corrected chi connectivity index (χ1v) is 6.69. The van der Waals surface area contributed by atoms with E-state index >= 15 is 0 Å². The maximum Gasteiger partial charge on any atom is 0.220 e. The van der Waals surface area contributed by atoms with Gasteiger partial charge in [0.05, 0.1) is 6.04 Å². The van der Waals surface area contributed by atoms with Crippen molar-refractivity contribution in [1.29, 1.82) is 0 Å². The van der Waals surface area contributed by atoms with E-state index in [4.69, 9.17) is 5.73 Å². The normalized spacial score (nSPS) is 12.7. The topological polar surface area (TPSA) is 58.4 Å². The molecule has 17 heavy (non-hydrogen) atoms. The minimum Gasteiger partial charge on any atom is -0.354 e. The number of hydrogen-bond donors (Lipinski definition) is 2. The van der Waals surface area contributed by atoms with Gasteiger partial charge in [0.1, 0.15) is 0 Å². The van der Waals surface area contributed by atoms with Crippen molar-refractivity contribution in [2.75, 3.05) is 27.2 Å². The van der Waals surface area contributed by atoms with Gasteiger partial charge in [-0.15, -0.1) is 11.3 Å². The second-order valence-corrected chi connectivity index (χ2v) is 5.17. The average molecular weight is 255 g/mol. The van der Waals surface area contributed by atoms with Crippen molar-refractivity contribution >= 4 is 17.2 Å². The standard InChI is InChI=1S/C12H21N3OS/c1-15(2)10(11-5-4-8-17-11)9-14-12(16)6-3-7-13/h4-5,8,10H,3,6-7,9,13H2,1-2H3,(H,14,16). The van der Waals surface area contributed by atoms with Crippen LogP contribution < -0.4 is 11.1 Å². The molecule has 0 radical (unpaired) electrons. The number of amides is 1. The molecule has 0 saturated carbocycles. The third-order valence-corrected chi connectivity index (χ3v) is 3.57. The van der Waals surface area contributed by atoms with E-state index in [0.29, 0.717) is 19.5 Å². The van der Waals surface area contributed by atoms with Gasteiger partial charge < -0.3 is 16.0 Å². The zero-order valence-electron chi connectivity index (χ0n) is 10.5.